The summed E-state index contributed by atoms with van der Waals surface area (Å²) < 4.78 is 0. The van der Waals surface area contributed by atoms with Crippen molar-refractivity contribution < 1.29 is 0 Å². The van der Waals surface area contributed by atoms with Gasteiger partial charge in [0.25, 0.3) is 0 Å². The molecule has 0 saturated heterocycles. The second kappa shape index (κ2) is 1.77. The van der Waals surface area contributed by atoms with Crippen molar-refractivity contribution >= 4 is 15.7 Å². The molecule has 0 unspecified atom stereocenters. The minimum absolute atomic E-state index is 0.843. The molecule has 1 aliphatic carbocycles. The van der Waals surface area contributed by atoms with Crippen molar-refractivity contribution in [3.8, 4) is 0 Å². The molecule has 0 heterocycles. The maximum Gasteiger partial charge on any atom is 0.110 e. The third-order valence-electron chi connectivity index (χ3n) is 1.51. The molecule has 0 aromatic carbocycles. The van der Waals surface area contributed by atoms with Crippen molar-refractivity contribution in [1.29, 1.82) is 0 Å². The average molecular weight is 91.8 g/mol. The largest absolute Gasteiger partial charge is 0.110 e. The van der Waals surface area contributed by atoms with Crippen molar-refractivity contribution in [3.63, 3.8) is 0 Å². The van der Waals surface area contributed by atoms with Crippen LogP contribution in [0.2, 0.25) is 11.6 Å². The van der Waals surface area contributed by atoms with Crippen LogP contribution in [0.1, 0.15) is 6.42 Å². The summed E-state index contributed by atoms with van der Waals surface area (Å²) in [5.74, 6) is 1.69. The summed E-state index contributed by atoms with van der Waals surface area (Å²) in [5.41, 5.74) is 0. The Hall–Kier alpha value is -0.130. The Labute approximate surface area is 46.8 Å². The Balaban J connectivity index is 2.42. The zero-order valence-corrected chi connectivity index (χ0v) is 5.02. The molecule has 0 saturated carbocycles. The van der Waals surface area contributed by atoms with E-state index in [4.69, 9.17) is 0 Å². The van der Waals surface area contributed by atoms with E-state index in [0.717, 1.165) is 11.6 Å². The first-order chi connectivity index (χ1) is 3.29. The summed E-state index contributed by atoms with van der Waals surface area (Å²) in [6, 6.07) is 0. The zero-order valence-electron chi connectivity index (χ0n) is 5.02. The normalized spacial score (nSPS) is 39.4. The molecule has 1 aliphatic rings. The van der Waals surface area contributed by atoms with Crippen LogP contribution in [0.3, 0.4) is 0 Å². The molecule has 0 aliphatic heterocycles. The summed E-state index contributed by atoms with van der Waals surface area (Å²) in [5, 5.41) is 0. The Bertz CT molecular complexity index is 78.1. The summed E-state index contributed by atoms with van der Waals surface area (Å²) in [6.07, 6.45) is 5.95. The van der Waals surface area contributed by atoms with E-state index in [1.54, 1.807) is 0 Å². The van der Waals surface area contributed by atoms with Gasteiger partial charge in [-0.2, -0.15) is 0 Å². The molecule has 7 heavy (non-hydrogen) atoms. The maximum atomic E-state index is 2.30. The molecule has 0 bridgehead atoms. The fourth-order valence-corrected chi connectivity index (χ4v) is 1.12. The van der Waals surface area contributed by atoms with Crippen LogP contribution < -0.4 is 0 Å². The molecule has 0 radical (unpaired) electrons. The fraction of sp³-hybridized carbons (Fsp3) is 0.600. The van der Waals surface area contributed by atoms with Crippen LogP contribution in [0.4, 0.5) is 0 Å². The highest BCUT2D eigenvalue weighted by molar-refractivity contribution is 6.17. The SMILES string of the molecule is B[C@@H]1C=C[C@H](B)C1. The van der Waals surface area contributed by atoms with Crippen LogP contribution in [-0.4, -0.2) is 15.7 Å². The van der Waals surface area contributed by atoms with Crippen molar-refractivity contribution in [2.45, 2.75) is 18.1 Å². The van der Waals surface area contributed by atoms with Gasteiger partial charge in [0, 0.05) is 0 Å². The number of rotatable bonds is 0. The quantitative estimate of drug-likeness (QED) is 0.286. The van der Waals surface area contributed by atoms with Crippen molar-refractivity contribution in [1.82, 2.24) is 0 Å². The minimum atomic E-state index is 0.843. The summed E-state index contributed by atoms with van der Waals surface area (Å²) in [4.78, 5) is 0. The molecule has 0 aromatic rings. The van der Waals surface area contributed by atoms with E-state index in [-0.39, 0.29) is 0 Å². The van der Waals surface area contributed by atoms with E-state index in [2.05, 4.69) is 27.8 Å². The first-order valence-electron chi connectivity index (χ1n) is 2.97. The molecular weight excluding hydrogens is 81.7 g/mol. The van der Waals surface area contributed by atoms with E-state index in [1.807, 2.05) is 0 Å². The monoisotopic (exact) mass is 92.1 g/mol. The standard InChI is InChI=1S/C5H10B2/c6-4-1-2-5(7)3-4/h1-2,4-5H,3,6-7H2/t4-,5+. The van der Waals surface area contributed by atoms with Crippen LogP contribution in [0.25, 0.3) is 0 Å². The molecule has 2 atom stereocenters. The van der Waals surface area contributed by atoms with Crippen LogP contribution >= 0.6 is 0 Å². The van der Waals surface area contributed by atoms with Gasteiger partial charge in [0.2, 0.25) is 0 Å². The first-order valence-corrected chi connectivity index (χ1v) is 2.97. The predicted molar refractivity (Wildman–Crippen MR) is 38.3 cm³/mol. The molecular formula is C5H10B2. The molecule has 0 N–H and O–H groups in total. The fourth-order valence-electron chi connectivity index (χ4n) is 1.12. The zero-order chi connectivity index (χ0) is 5.28. The van der Waals surface area contributed by atoms with E-state index in [9.17, 15) is 0 Å². The van der Waals surface area contributed by atoms with Gasteiger partial charge >= 0.3 is 0 Å². The molecule has 0 spiro atoms. The molecule has 2 heteroatoms. The summed E-state index contributed by atoms with van der Waals surface area (Å²) in [7, 11) is 4.53. The second-order valence-electron chi connectivity index (χ2n) is 2.58. The Morgan fingerprint density at radius 3 is 1.71 bits per heavy atom. The van der Waals surface area contributed by atoms with E-state index in [1.165, 1.54) is 6.42 Å². The second-order valence-corrected chi connectivity index (χ2v) is 2.58. The average Bonchev–Trinajstić information content (AvgIpc) is 1.87. The topological polar surface area (TPSA) is 0 Å². The molecule has 36 valence electrons. The third-order valence-corrected chi connectivity index (χ3v) is 1.51. The minimum Gasteiger partial charge on any atom is -0.0938 e. The van der Waals surface area contributed by atoms with E-state index >= 15 is 0 Å². The Morgan fingerprint density at radius 1 is 1.14 bits per heavy atom. The van der Waals surface area contributed by atoms with Crippen LogP contribution in [-0.2, 0) is 0 Å². The van der Waals surface area contributed by atoms with Crippen molar-refractivity contribution in [2.24, 2.45) is 0 Å². The Kier molecular flexibility index (Phi) is 1.27. The lowest BCUT2D eigenvalue weighted by molar-refractivity contribution is 0.921. The molecule has 0 amide bonds. The number of hydrogen-bond acceptors (Lipinski definition) is 0. The lowest BCUT2D eigenvalue weighted by Gasteiger charge is -1.97. The van der Waals surface area contributed by atoms with Gasteiger partial charge in [-0.25, -0.2) is 0 Å². The lowest BCUT2D eigenvalue weighted by Crippen LogP contribution is -1.84. The summed E-state index contributed by atoms with van der Waals surface area (Å²) >= 11 is 0. The van der Waals surface area contributed by atoms with Gasteiger partial charge in [0.05, 0.1) is 0 Å². The lowest BCUT2D eigenvalue weighted by atomic mass is 9.79. The molecule has 0 aromatic heterocycles. The molecule has 0 fully saturated rings. The predicted octanol–water partition coefficient (Wildman–Crippen LogP) is -0.211. The number of allylic oxidation sites excluding steroid dienone is 2. The van der Waals surface area contributed by atoms with Crippen molar-refractivity contribution in [2.75, 3.05) is 0 Å². The highest BCUT2D eigenvalue weighted by Gasteiger charge is 2.08. The number of hydrogen-bond donors (Lipinski definition) is 0. The van der Waals surface area contributed by atoms with E-state index < -0.39 is 0 Å². The van der Waals surface area contributed by atoms with E-state index in [0.29, 0.717) is 0 Å². The maximum absolute atomic E-state index is 2.30. The van der Waals surface area contributed by atoms with Gasteiger partial charge in [-0.15, -0.1) is 0 Å². The molecule has 1 rings (SSSR count). The van der Waals surface area contributed by atoms with Gasteiger partial charge in [0.15, 0.2) is 0 Å². The molecule has 0 nitrogen and oxygen atoms in total. The van der Waals surface area contributed by atoms with Crippen molar-refractivity contribution in [3.05, 3.63) is 12.2 Å². The van der Waals surface area contributed by atoms with Crippen LogP contribution in [0, 0.1) is 0 Å². The van der Waals surface area contributed by atoms with Gasteiger partial charge < -0.3 is 0 Å². The first kappa shape index (κ1) is 5.02. The van der Waals surface area contributed by atoms with Crippen LogP contribution in [0.15, 0.2) is 12.2 Å². The van der Waals surface area contributed by atoms with Gasteiger partial charge in [0.1, 0.15) is 15.7 Å². The van der Waals surface area contributed by atoms with Crippen LogP contribution in [0.5, 0.6) is 0 Å². The highest BCUT2D eigenvalue weighted by Crippen LogP contribution is 2.26. The Morgan fingerprint density at radius 2 is 1.57 bits per heavy atom. The third kappa shape index (κ3) is 1.12. The summed E-state index contributed by atoms with van der Waals surface area (Å²) in [6.45, 7) is 0. The smallest absolute Gasteiger partial charge is 0.0938 e. The van der Waals surface area contributed by atoms with Gasteiger partial charge in [-0.05, 0) is 0 Å². The van der Waals surface area contributed by atoms with Gasteiger partial charge in [-0.1, -0.05) is 30.2 Å². The van der Waals surface area contributed by atoms with Gasteiger partial charge in [-0.3, -0.25) is 0 Å². The highest BCUT2D eigenvalue weighted by atomic mass is 14.1.